The highest BCUT2D eigenvalue weighted by molar-refractivity contribution is 7.89. The molecule has 1 fully saturated rings. The molecule has 0 bridgehead atoms. The molecule has 0 unspecified atom stereocenters. The average Bonchev–Trinajstić information content (AvgIpc) is 2.33. The van der Waals surface area contributed by atoms with Crippen molar-refractivity contribution in [3.8, 4) is 0 Å². The van der Waals surface area contributed by atoms with Crippen molar-refractivity contribution in [2.45, 2.75) is 31.2 Å². The molecule has 1 heterocycles. The van der Waals surface area contributed by atoms with Crippen molar-refractivity contribution in [3.05, 3.63) is 30.1 Å². The number of hydrogen-bond donors (Lipinski definition) is 2. The standard InChI is InChI=1S/C12H19N3O2S/c13-10-12(5-1-6-12)15-18(16,17)9-4-11-2-7-14-8-3-11/h2-3,7-8,15H,1,4-6,9-10,13H2. The van der Waals surface area contributed by atoms with Crippen molar-refractivity contribution in [2.75, 3.05) is 12.3 Å². The predicted octanol–water partition coefficient (Wildman–Crippen LogP) is 0.425. The molecule has 0 spiro atoms. The SMILES string of the molecule is NCC1(NS(=O)(=O)CCc2ccncc2)CCC1. The minimum atomic E-state index is -3.26. The number of nitrogens with one attached hydrogen (secondary N) is 1. The van der Waals surface area contributed by atoms with Crippen LogP contribution >= 0.6 is 0 Å². The lowest BCUT2D eigenvalue weighted by Crippen LogP contribution is -2.58. The predicted molar refractivity (Wildman–Crippen MR) is 70.5 cm³/mol. The molecule has 0 amide bonds. The number of hydrogen-bond acceptors (Lipinski definition) is 4. The Hall–Kier alpha value is -0.980. The Balaban J connectivity index is 1.92. The van der Waals surface area contributed by atoms with Gasteiger partial charge in [0.1, 0.15) is 0 Å². The van der Waals surface area contributed by atoms with Crippen LogP contribution in [0.25, 0.3) is 0 Å². The molecule has 18 heavy (non-hydrogen) atoms. The Bertz CT molecular complexity index is 478. The van der Waals surface area contributed by atoms with E-state index in [4.69, 9.17) is 5.73 Å². The van der Waals surface area contributed by atoms with E-state index < -0.39 is 10.0 Å². The van der Waals surface area contributed by atoms with E-state index in [0.29, 0.717) is 13.0 Å². The molecule has 5 nitrogen and oxygen atoms in total. The summed E-state index contributed by atoms with van der Waals surface area (Å²) in [5, 5.41) is 0. The van der Waals surface area contributed by atoms with Gasteiger partial charge in [0, 0.05) is 24.5 Å². The molecule has 3 N–H and O–H groups in total. The number of sulfonamides is 1. The Morgan fingerprint density at radius 1 is 1.33 bits per heavy atom. The lowest BCUT2D eigenvalue weighted by molar-refractivity contribution is 0.230. The first-order valence-corrected chi connectivity index (χ1v) is 7.81. The molecule has 1 saturated carbocycles. The Kier molecular flexibility index (Phi) is 3.99. The van der Waals surface area contributed by atoms with Crippen LogP contribution in [0.15, 0.2) is 24.5 Å². The first-order valence-electron chi connectivity index (χ1n) is 6.16. The molecule has 2 rings (SSSR count). The van der Waals surface area contributed by atoms with E-state index in [1.165, 1.54) is 0 Å². The van der Waals surface area contributed by atoms with E-state index in [1.807, 2.05) is 12.1 Å². The molecule has 1 aliphatic rings. The number of rotatable bonds is 6. The summed E-state index contributed by atoms with van der Waals surface area (Å²) in [5.74, 6) is 0.0960. The molecule has 100 valence electrons. The summed E-state index contributed by atoms with van der Waals surface area (Å²) in [7, 11) is -3.26. The summed E-state index contributed by atoms with van der Waals surface area (Å²) < 4.78 is 26.7. The fraction of sp³-hybridized carbons (Fsp3) is 0.583. The summed E-state index contributed by atoms with van der Waals surface area (Å²) in [4.78, 5) is 3.90. The molecule has 0 radical (unpaired) electrons. The van der Waals surface area contributed by atoms with Crippen LogP contribution in [0.1, 0.15) is 24.8 Å². The van der Waals surface area contributed by atoms with Gasteiger partial charge in [-0.15, -0.1) is 0 Å². The van der Waals surface area contributed by atoms with E-state index in [0.717, 1.165) is 24.8 Å². The number of nitrogens with two attached hydrogens (primary N) is 1. The van der Waals surface area contributed by atoms with Crippen molar-refractivity contribution < 1.29 is 8.42 Å². The average molecular weight is 269 g/mol. The lowest BCUT2D eigenvalue weighted by Gasteiger charge is -2.41. The fourth-order valence-corrected chi connectivity index (χ4v) is 3.69. The van der Waals surface area contributed by atoms with E-state index in [9.17, 15) is 8.42 Å². The van der Waals surface area contributed by atoms with Crippen molar-refractivity contribution in [1.82, 2.24) is 9.71 Å². The van der Waals surface area contributed by atoms with Gasteiger partial charge in [-0.05, 0) is 43.4 Å². The Labute approximate surface area is 108 Å². The summed E-state index contributed by atoms with van der Waals surface area (Å²) in [6, 6.07) is 3.66. The highest BCUT2D eigenvalue weighted by Crippen LogP contribution is 2.31. The quantitative estimate of drug-likeness (QED) is 0.784. The Morgan fingerprint density at radius 2 is 2.00 bits per heavy atom. The van der Waals surface area contributed by atoms with Crippen LogP contribution in [0.4, 0.5) is 0 Å². The van der Waals surface area contributed by atoms with Gasteiger partial charge in [-0.25, -0.2) is 13.1 Å². The molecule has 0 aliphatic heterocycles. The molecule has 0 saturated heterocycles. The maximum Gasteiger partial charge on any atom is 0.212 e. The molecule has 1 aromatic rings. The van der Waals surface area contributed by atoms with Crippen molar-refractivity contribution >= 4 is 10.0 Å². The maximum atomic E-state index is 12.0. The highest BCUT2D eigenvalue weighted by atomic mass is 32.2. The summed E-state index contributed by atoms with van der Waals surface area (Å²) in [6.07, 6.45) is 6.57. The first kappa shape index (κ1) is 13.5. The van der Waals surface area contributed by atoms with Crippen LogP contribution in [0.2, 0.25) is 0 Å². The third-order valence-electron chi connectivity index (χ3n) is 3.48. The van der Waals surface area contributed by atoms with Gasteiger partial charge in [0.15, 0.2) is 0 Å². The number of nitrogens with zero attached hydrogens (tertiary/aromatic N) is 1. The van der Waals surface area contributed by atoms with Crippen molar-refractivity contribution in [1.29, 1.82) is 0 Å². The fourth-order valence-electron chi connectivity index (χ4n) is 2.13. The molecule has 1 aliphatic carbocycles. The zero-order valence-corrected chi connectivity index (χ0v) is 11.1. The third kappa shape index (κ3) is 3.28. The Morgan fingerprint density at radius 3 is 2.50 bits per heavy atom. The van der Waals surface area contributed by atoms with Crippen LogP contribution in [0, 0.1) is 0 Å². The van der Waals surface area contributed by atoms with Crippen molar-refractivity contribution in [2.24, 2.45) is 5.73 Å². The molecule has 6 heteroatoms. The summed E-state index contributed by atoms with van der Waals surface area (Å²) in [6.45, 7) is 0.376. The largest absolute Gasteiger partial charge is 0.329 e. The molecular weight excluding hydrogens is 250 g/mol. The minimum absolute atomic E-state index is 0.0960. The smallest absolute Gasteiger partial charge is 0.212 e. The summed E-state index contributed by atoms with van der Waals surface area (Å²) in [5.41, 5.74) is 6.25. The minimum Gasteiger partial charge on any atom is -0.329 e. The highest BCUT2D eigenvalue weighted by Gasteiger charge is 2.38. The molecule has 0 aromatic carbocycles. The van der Waals surface area contributed by atoms with Crippen LogP contribution in [0.3, 0.4) is 0 Å². The van der Waals surface area contributed by atoms with Gasteiger partial charge in [0.25, 0.3) is 0 Å². The first-order chi connectivity index (χ1) is 8.55. The zero-order chi connectivity index (χ0) is 13.1. The van der Waals surface area contributed by atoms with Crippen LogP contribution in [-0.4, -0.2) is 31.2 Å². The second kappa shape index (κ2) is 5.34. The van der Waals surface area contributed by atoms with Gasteiger partial charge >= 0.3 is 0 Å². The maximum absolute atomic E-state index is 12.0. The molecule has 1 aromatic heterocycles. The number of aryl methyl sites for hydroxylation is 1. The van der Waals surface area contributed by atoms with E-state index >= 15 is 0 Å². The second-order valence-electron chi connectivity index (χ2n) is 4.86. The van der Waals surface area contributed by atoms with E-state index in [-0.39, 0.29) is 11.3 Å². The topological polar surface area (TPSA) is 85.1 Å². The molecular formula is C12H19N3O2S. The van der Waals surface area contributed by atoms with Crippen LogP contribution in [0.5, 0.6) is 0 Å². The monoisotopic (exact) mass is 269 g/mol. The van der Waals surface area contributed by atoms with Crippen LogP contribution < -0.4 is 10.5 Å². The summed E-state index contributed by atoms with van der Waals surface area (Å²) >= 11 is 0. The van der Waals surface area contributed by atoms with Gasteiger partial charge in [0.2, 0.25) is 10.0 Å². The van der Waals surface area contributed by atoms with Crippen LogP contribution in [-0.2, 0) is 16.4 Å². The van der Waals surface area contributed by atoms with Crippen molar-refractivity contribution in [3.63, 3.8) is 0 Å². The van der Waals surface area contributed by atoms with Gasteiger partial charge in [-0.3, -0.25) is 4.98 Å². The second-order valence-corrected chi connectivity index (χ2v) is 6.71. The molecule has 0 atom stereocenters. The number of pyridine rings is 1. The van der Waals surface area contributed by atoms with E-state index in [1.54, 1.807) is 12.4 Å². The van der Waals surface area contributed by atoms with E-state index in [2.05, 4.69) is 9.71 Å². The lowest BCUT2D eigenvalue weighted by atomic mass is 9.78. The normalized spacial score (nSPS) is 18.3. The van der Waals surface area contributed by atoms with Gasteiger partial charge in [-0.2, -0.15) is 0 Å². The third-order valence-corrected chi connectivity index (χ3v) is 4.97. The van der Waals surface area contributed by atoms with Gasteiger partial charge in [-0.1, -0.05) is 0 Å². The van der Waals surface area contributed by atoms with Gasteiger partial charge in [0.05, 0.1) is 5.75 Å². The zero-order valence-electron chi connectivity index (χ0n) is 10.3. The van der Waals surface area contributed by atoms with Gasteiger partial charge < -0.3 is 5.73 Å². The number of aromatic nitrogens is 1.